The van der Waals surface area contributed by atoms with Crippen molar-refractivity contribution in [2.75, 3.05) is 5.32 Å². The molecule has 0 unspecified atom stereocenters. The predicted octanol–water partition coefficient (Wildman–Crippen LogP) is 6.10. The van der Waals surface area contributed by atoms with Gasteiger partial charge in [-0.05, 0) is 99.8 Å². The summed E-state index contributed by atoms with van der Waals surface area (Å²) in [5.41, 5.74) is 2.94. The van der Waals surface area contributed by atoms with Gasteiger partial charge in [-0.3, -0.25) is 4.79 Å². The van der Waals surface area contributed by atoms with E-state index in [0.29, 0.717) is 33.8 Å². The minimum atomic E-state index is -0.352. The van der Waals surface area contributed by atoms with Crippen LogP contribution in [0.15, 0.2) is 65.1 Å². The molecule has 0 aliphatic rings. The highest BCUT2D eigenvalue weighted by Gasteiger charge is 2.13. The molecule has 0 aliphatic carbocycles. The van der Waals surface area contributed by atoms with Crippen LogP contribution in [0.25, 0.3) is 22.6 Å². The van der Waals surface area contributed by atoms with Crippen molar-refractivity contribution in [2.45, 2.75) is 0 Å². The molecule has 27 heavy (non-hydrogen) atoms. The third-order valence-corrected chi connectivity index (χ3v) is 5.50. The van der Waals surface area contributed by atoms with Gasteiger partial charge in [0.15, 0.2) is 5.58 Å². The van der Waals surface area contributed by atoms with Crippen LogP contribution in [0.3, 0.4) is 0 Å². The largest absolute Gasteiger partial charge is 0.436 e. The van der Waals surface area contributed by atoms with Gasteiger partial charge < -0.3 is 9.73 Å². The van der Waals surface area contributed by atoms with Crippen molar-refractivity contribution in [2.24, 2.45) is 0 Å². The second kappa shape index (κ2) is 7.55. The summed E-state index contributed by atoms with van der Waals surface area (Å²) in [4.78, 5) is 17.0. The van der Waals surface area contributed by atoms with E-state index in [1.807, 2.05) is 18.2 Å². The van der Waals surface area contributed by atoms with Crippen molar-refractivity contribution >= 4 is 67.9 Å². The molecule has 4 nitrogen and oxygen atoms in total. The number of carbonyl (C=O) groups excluding carboxylic acids is 1. The molecule has 3 aromatic carbocycles. The number of amides is 1. The molecule has 4 aromatic rings. The molecule has 1 heterocycles. The summed E-state index contributed by atoms with van der Waals surface area (Å²) in [7, 11) is 0. The maximum atomic E-state index is 13.4. The third kappa shape index (κ3) is 3.98. The number of oxazole rings is 1. The second-order valence-corrected chi connectivity index (χ2v) is 8.20. The number of aromatic nitrogens is 1. The number of rotatable bonds is 3. The molecule has 1 amide bonds. The zero-order chi connectivity index (χ0) is 19.0. The highest BCUT2D eigenvalue weighted by Crippen LogP contribution is 2.27. The number of hydrogen-bond acceptors (Lipinski definition) is 3. The van der Waals surface area contributed by atoms with Crippen LogP contribution < -0.4 is 5.32 Å². The standard InChI is InChI=1S/C20H11FI2N2O2/c21-12-3-1-2-11(8-12)20-25-17-10-14(5-7-18(17)27-20)24-19(26)15-9-13(22)4-6-16(15)23/h1-10H,(H,24,26). The Hall–Kier alpha value is -2.01. The van der Waals surface area contributed by atoms with Crippen molar-refractivity contribution in [3.8, 4) is 11.5 Å². The smallest absolute Gasteiger partial charge is 0.256 e. The molecule has 4 rings (SSSR count). The number of halogens is 3. The van der Waals surface area contributed by atoms with E-state index in [2.05, 4.69) is 55.5 Å². The lowest BCUT2D eigenvalue weighted by Gasteiger charge is -2.07. The van der Waals surface area contributed by atoms with E-state index in [-0.39, 0.29) is 11.7 Å². The number of anilines is 1. The fraction of sp³-hybridized carbons (Fsp3) is 0. The van der Waals surface area contributed by atoms with Crippen molar-refractivity contribution in [1.82, 2.24) is 4.98 Å². The number of nitrogens with zero attached hydrogens (tertiary/aromatic N) is 1. The topological polar surface area (TPSA) is 55.1 Å². The van der Waals surface area contributed by atoms with Crippen LogP contribution in [0.5, 0.6) is 0 Å². The molecular weight excluding hydrogens is 573 g/mol. The zero-order valence-corrected chi connectivity index (χ0v) is 18.0. The van der Waals surface area contributed by atoms with Crippen LogP contribution in [0.2, 0.25) is 0 Å². The number of fused-ring (bicyclic) bond motifs is 1. The molecule has 134 valence electrons. The van der Waals surface area contributed by atoms with E-state index < -0.39 is 0 Å². The van der Waals surface area contributed by atoms with Gasteiger partial charge in [-0.2, -0.15) is 0 Å². The lowest BCUT2D eigenvalue weighted by atomic mass is 10.2. The number of nitrogens with one attached hydrogen (secondary N) is 1. The van der Waals surface area contributed by atoms with E-state index in [1.165, 1.54) is 12.1 Å². The maximum Gasteiger partial charge on any atom is 0.256 e. The highest BCUT2D eigenvalue weighted by atomic mass is 127. The van der Waals surface area contributed by atoms with Gasteiger partial charge in [-0.15, -0.1) is 0 Å². The molecule has 0 saturated heterocycles. The minimum Gasteiger partial charge on any atom is -0.436 e. The average molecular weight is 584 g/mol. The Morgan fingerprint density at radius 2 is 1.89 bits per heavy atom. The van der Waals surface area contributed by atoms with Crippen LogP contribution in [0.4, 0.5) is 10.1 Å². The van der Waals surface area contributed by atoms with Crippen LogP contribution in [0.1, 0.15) is 10.4 Å². The normalized spacial score (nSPS) is 10.9. The SMILES string of the molecule is O=C(Nc1ccc2oc(-c3cccc(F)c3)nc2c1)c1cc(I)ccc1I. The molecule has 0 radical (unpaired) electrons. The van der Waals surface area contributed by atoms with Crippen LogP contribution >= 0.6 is 45.2 Å². The maximum absolute atomic E-state index is 13.4. The first kappa shape index (κ1) is 18.4. The summed E-state index contributed by atoms with van der Waals surface area (Å²) in [6, 6.07) is 17.0. The summed E-state index contributed by atoms with van der Waals surface area (Å²) in [6.07, 6.45) is 0. The van der Waals surface area contributed by atoms with Gasteiger partial charge in [0.2, 0.25) is 5.89 Å². The average Bonchev–Trinajstić information content (AvgIpc) is 3.07. The Morgan fingerprint density at radius 3 is 2.70 bits per heavy atom. The van der Waals surface area contributed by atoms with E-state index in [9.17, 15) is 9.18 Å². The van der Waals surface area contributed by atoms with Crippen LogP contribution in [0, 0.1) is 13.0 Å². The third-order valence-electron chi connectivity index (χ3n) is 3.89. The minimum absolute atomic E-state index is 0.189. The van der Waals surface area contributed by atoms with Crippen LogP contribution in [-0.4, -0.2) is 10.9 Å². The van der Waals surface area contributed by atoms with Gasteiger partial charge >= 0.3 is 0 Å². The molecule has 0 saturated carbocycles. The summed E-state index contributed by atoms with van der Waals surface area (Å²) in [6.45, 7) is 0. The molecule has 0 spiro atoms. The first-order chi connectivity index (χ1) is 13.0. The van der Waals surface area contributed by atoms with Crippen LogP contribution in [-0.2, 0) is 0 Å². The monoisotopic (exact) mass is 584 g/mol. The van der Waals surface area contributed by atoms with E-state index in [4.69, 9.17) is 4.42 Å². The lowest BCUT2D eigenvalue weighted by Crippen LogP contribution is -2.13. The van der Waals surface area contributed by atoms with E-state index in [0.717, 1.165) is 7.14 Å². The first-order valence-electron chi connectivity index (χ1n) is 7.92. The molecule has 7 heteroatoms. The van der Waals surface area contributed by atoms with Gasteiger partial charge in [0.25, 0.3) is 5.91 Å². The summed E-state index contributed by atoms with van der Waals surface area (Å²) < 4.78 is 21.0. The Bertz CT molecular complexity index is 1170. The molecule has 1 N–H and O–H groups in total. The Kier molecular flexibility index (Phi) is 5.13. The number of benzene rings is 3. The summed E-state index contributed by atoms with van der Waals surface area (Å²) in [5, 5.41) is 2.89. The molecule has 1 aromatic heterocycles. The quantitative estimate of drug-likeness (QED) is 0.297. The summed E-state index contributed by atoms with van der Waals surface area (Å²) >= 11 is 4.32. The Morgan fingerprint density at radius 1 is 1.04 bits per heavy atom. The van der Waals surface area contributed by atoms with Crippen molar-refractivity contribution in [3.05, 3.63) is 79.2 Å². The number of carbonyl (C=O) groups is 1. The predicted molar refractivity (Wildman–Crippen MR) is 119 cm³/mol. The van der Waals surface area contributed by atoms with Crippen molar-refractivity contribution in [3.63, 3.8) is 0 Å². The van der Waals surface area contributed by atoms with E-state index >= 15 is 0 Å². The van der Waals surface area contributed by atoms with Gasteiger partial charge in [0, 0.05) is 18.4 Å². The Balaban J connectivity index is 1.64. The second-order valence-electron chi connectivity index (χ2n) is 5.79. The fourth-order valence-electron chi connectivity index (χ4n) is 2.62. The summed E-state index contributed by atoms with van der Waals surface area (Å²) in [5.74, 6) is -0.207. The molecular formula is C20H11FI2N2O2. The first-order valence-corrected chi connectivity index (χ1v) is 10.1. The van der Waals surface area contributed by atoms with Crippen molar-refractivity contribution in [1.29, 1.82) is 0 Å². The fourth-order valence-corrected chi connectivity index (χ4v) is 3.69. The number of hydrogen-bond donors (Lipinski definition) is 1. The van der Waals surface area contributed by atoms with E-state index in [1.54, 1.807) is 30.3 Å². The highest BCUT2D eigenvalue weighted by molar-refractivity contribution is 14.1. The van der Waals surface area contributed by atoms with Gasteiger partial charge in [-0.25, -0.2) is 9.37 Å². The zero-order valence-electron chi connectivity index (χ0n) is 13.7. The molecule has 0 fully saturated rings. The van der Waals surface area contributed by atoms with Crippen molar-refractivity contribution < 1.29 is 13.6 Å². The molecule has 0 aliphatic heterocycles. The lowest BCUT2D eigenvalue weighted by molar-refractivity contribution is 0.102. The van der Waals surface area contributed by atoms with Gasteiger partial charge in [0.1, 0.15) is 11.3 Å². The van der Waals surface area contributed by atoms with Gasteiger partial charge in [-0.1, -0.05) is 6.07 Å². The Labute approximate surface area is 181 Å². The molecule has 0 bridgehead atoms. The van der Waals surface area contributed by atoms with Gasteiger partial charge in [0.05, 0.1) is 5.56 Å². The molecule has 0 atom stereocenters.